The lowest BCUT2D eigenvalue weighted by Crippen LogP contribution is -2.43. The number of nitro groups is 1. The number of fused-ring (bicyclic) bond motifs is 1. The van der Waals surface area contributed by atoms with Crippen LogP contribution in [0.3, 0.4) is 0 Å². The summed E-state index contributed by atoms with van der Waals surface area (Å²) in [6, 6.07) is 1.88. The number of likely N-dealkylation sites (tertiary alicyclic amines) is 1. The van der Waals surface area contributed by atoms with E-state index in [1.807, 2.05) is 6.92 Å². The smallest absolute Gasteiger partial charge is 0.321 e. The van der Waals surface area contributed by atoms with Crippen LogP contribution in [0.25, 0.3) is 0 Å². The Labute approximate surface area is 185 Å². The van der Waals surface area contributed by atoms with Crippen molar-refractivity contribution in [2.24, 2.45) is 11.8 Å². The van der Waals surface area contributed by atoms with Crippen molar-refractivity contribution in [1.29, 1.82) is 0 Å². The third-order valence-electron chi connectivity index (χ3n) is 5.77. The molecule has 2 fully saturated rings. The number of aryl methyl sites for hydroxylation is 1. The number of rotatable bonds is 6. The van der Waals surface area contributed by atoms with Gasteiger partial charge in [0.25, 0.3) is 5.69 Å². The molecule has 1 aromatic carbocycles. The van der Waals surface area contributed by atoms with Gasteiger partial charge >= 0.3 is 5.97 Å². The number of hydrogen-bond acceptors (Lipinski definition) is 8. The minimum Gasteiger partial charge on any atom is -0.480 e. The fourth-order valence-electron chi connectivity index (χ4n) is 4.27. The maximum atomic E-state index is 13.2. The van der Waals surface area contributed by atoms with E-state index in [1.54, 1.807) is 5.51 Å². The van der Waals surface area contributed by atoms with Crippen molar-refractivity contribution in [1.82, 2.24) is 15.2 Å². The second-order valence-corrected chi connectivity index (χ2v) is 8.77. The van der Waals surface area contributed by atoms with Crippen LogP contribution in [0.15, 0.2) is 23.7 Å². The molecule has 0 spiro atoms. The molecule has 2 aromatic rings. The zero-order valence-electron chi connectivity index (χ0n) is 16.1. The van der Waals surface area contributed by atoms with Gasteiger partial charge in [-0.05, 0) is 18.6 Å². The van der Waals surface area contributed by atoms with Crippen molar-refractivity contribution in [2.45, 2.75) is 25.4 Å². The molecule has 2 aliphatic rings. The van der Waals surface area contributed by atoms with Gasteiger partial charge < -0.3 is 5.11 Å². The lowest BCUT2D eigenvalue weighted by molar-refractivity contribution is -0.384. The summed E-state index contributed by atoms with van der Waals surface area (Å²) in [6.45, 7) is 1.95. The van der Waals surface area contributed by atoms with Gasteiger partial charge in [0.05, 0.1) is 28.0 Å². The first-order valence-electron chi connectivity index (χ1n) is 9.37. The number of carboxylic acid groups (broad SMARTS) is 1. The van der Waals surface area contributed by atoms with Crippen LogP contribution in [0.2, 0.25) is 5.02 Å². The molecule has 0 saturated carbocycles. The van der Waals surface area contributed by atoms with Crippen molar-refractivity contribution in [3.8, 4) is 0 Å². The highest BCUT2D eigenvalue weighted by molar-refractivity contribution is 7.09. The molecule has 4 atom stereocenters. The SMILES string of the molecule is Cc1ncsc1CCN1C(=O)C2C(C(=O)O)NC(c3ccc(Cl)c([N+](=O)[O-])c3)C2C1=O. The number of aromatic nitrogens is 1. The summed E-state index contributed by atoms with van der Waals surface area (Å²) in [7, 11) is 0. The normalized spacial score (nSPS) is 25.2. The number of thiazole rings is 1. The molecule has 0 bridgehead atoms. The number of amides is 2. The molecule has 2 aliphatic heterocycles. The Morgan fingerprint density at radius 1 is 1.35 bits per heavy atom. The average Bonchev–Trinajstić information content (AvgIpc) is 3.37. The van der Waals surface area contributed by atoms with Crippen LogP contribution in [-0.4, -0.2) is 50.3 Å². The number of carbonyl (C=O) groups excluding carboxylic acids is 2. The Balaban J connectivity index is 1.66. The van der Waals surface area contributed by atoms with Gasteiger partial charge in [0.15, 0.2) is 0 Å². The summed E-state index contributed by atoms with van der Waals surface area (Å²) >= 11 is 7.30. The summed E-state index contributed by atoms with van der Waals surface area (Å²) in [6.07, 6.45) is 0.426. The van der Waals surface area contributed by atoms with Crippen molar-refractivity contribution in [3.05, 3.63) is 55.0 Å². The molecular weight excluding hydrogens is 448 g/mol. The molecule has 2 saturated heterocycles. The summed E-state index contributed by atoms with van der Waals surface area (Å²) < 4.78 is 0. The number of imide groups is 1. The Kier molecular flexibility index (Phi) is 5.50. The number of hydrogen-bond donors (Lipinski definition) is 2. The Morgan fingerprint density at radius 3 is 2.68 bits per heavy atom. The number of aliphatic carboxylic acids is 1. The Hall–Kier alpha value is -2.89. The van der Waals surface area contributed by atoms with E-state index < -0.39 is 46.6 Å². The molecule has 4 rings (SSSR count). The van der Waals surface area contributed by atoms with Gasteiger partial charge in [-0.1, -0.05) is 17.7 Å². The highest BCUT2D eigenvalue weighted by atomic mass is 35.5. The average molecular weight is 465 g/mol. The first-order chi connectivity index (χ1) is 14.7. The number of benzene rings is 1. The summed E-state index contributed by atoms with van der Waals surface area (Å²) in [5, 5.41) is 23.6. The summed E-state index contributed by atoms with van der Waals surface area (Å²) in [4.78, 5) is 54.8. The molecule has 0 radical (unpaired) electrons. The molecular formula is C19H17ClN4O6S. The number of nitrogens with zero attached hydrogens (tertiary/aromatic N) is 3. The minimum absolute atomic E-state index is 0.0755. The first kappa shape index (κ1) is 21.3. The van der Waals surface area contributed by atoms with E-state index in [2.05, 4.69) is 10.3 Å². The fraction of sp³-hybridized carbons (Fsp3) is 0.368. The summed E-state index contributed by atoms with van der Waals surface area (Å²) in [5.74, 6) is -4.37. The number of carboxylic acids is 1. The van der Waals surface area contributed by atoms with Gasteiger partial charge in [0, 0.05) is 30.0 Å². The lowest BCUT2D eigenvalue weighted by atomic mass is 9.86. The predicted molar refractivity (Wildman–Crippen MR) is 110 cm³/mol. The minimum atomic E-state index is -1.28. The maximum Gasteiger partial charge on any atom is 0.321 e. The van der Waals surface area contributed by atoms with Crippen LogP contribution in [-0.2, 0) is 20.8 Å². The van der Waals surface area contributed by atoms with E-state index in [0.717, 1.165) is 15.5 Å². The predicted octanol–water partition coefficient (Wildman–Crippen LogP) is 1.95. The van der Waals surface area contributed by atoms with Crippen LogP contribution < -0.4 is 5.32 Å². The monoisotopic (exact) mass is 464 g/mol. The van der Waals surface area contributed by atoms with Gasteiger partial charge in [0.1, 0.15) is 11.1 Å². The van der Waals surface area contributed by atoms with Crippen LogP contribution >= 0.6 is 22.9 Å². The molecule has 2 N–H and O–H groups in total. The quantitative estimate of drug-likeness (QED) is 0.375. The van der Waals surface area contributed by atoms with Crippen LogP contribution in [0.4, 0.5) is 5.69 Å². The lowest BCUT2D eigenvalue weighted by Gasteiger charge is -2.21. The Bertz CT molecular complexity index is 1100. The zero-order chi connectivity index (χ0) is 22.4. The maximum absolute atomic E-state index is 13.2. The largest absolute Gasteiger partial charge is 0.480 e. The van der Waals surface area contributed by atoms with Gasteiger partial charge in [-0.3, -0.25) is 34.7 Å². The van der Waals surface area contributed by atoms with Crippen molar-refractivity contribution >= 4 is 46.4 Å². The van der Waals surface area contributed by atoms with E-state index >= 15 is 0 Å². The third-order valence-corrected chi connectivity index (χ3v) is 7.08. The van der Waals surface area contributed by atoms with Crippen LogP contribution in [0.5, 0.6) is 0 Å². The van der Waals surface area contributed by atoms with Crippen molar-refractivity contribution < 1.29 is 24.4 Å². The highest BCUT2D eigenvalue weighted by Gasteiger charge is 2.60. The molecule has 31 heavy (non-hydrogen) atoms. The van der Waals surface area contributed by atoms with E-state index in [-0.39, 0.29) is 17.3 Å². The second kappa shape index (κ2) is 7.98. The van der Waals surface area contributed by atoms with Gasteiger partial charge in [-0.2, -0.15) is 0 Å². The number of carbonyl (C=O) groups is 3. The second-order valence-electron chi connectivity index (χ2n) is 7.42. The topological polar surface area (TPSA) is 143 Å². The van der Waals surface area contributed by atoms with Crippen LogP contribution in [0, 0.1) is 28.9 Å². The van der Waals surface area contributed by atoms with Gasteiger partial charge in [-0.15, -0.1) is 11.3 Å². The van der Waals surface area contributed by atoms with E-state index in [4.69, 9.17) is 11.6 Å². The highest BCUT2D eigenvalue weighted by Crippen LogP contribution is 2.45. The number of halogens is 1. The number of nitro benzene ring substituents is 1. The molecule has 1 aromatic heterocycles. The van der Waals surface area contributed by atoms with Gasteiger partial charge in [0.2, 0.25) is 11.8 Å². The Morgan fingerprint density at radius 2 is 2.06 bits per heavy atom. The van der Waals surface area contributed by atoms with Gasteiger partial charge in [-0.25, -0.2) is 4.98 Å². The molecule has 162 valence electrons. The zero-order valence-corrected chi connectivity index (χ0v) is 17.7. The molecule has 10 nitrogen and oxygen atoms in total. The fourth-order valence-corrected chi connectivity index (χ4v) is 5.22. The number of nitrogens with one attached hydrogen (secondary N) is 1. The molecule has 4 unspecified atom stereocenters. The molecule has 2 amide bonds. The van der Waals surface area contributed by atoms with E-state index in [1.165, 1.54) is 29.5 Å². The van der Waals surface area contributed by atoms with Crippen molar-refractivity contribution in [3.63, 3.8) is 0 Å². The van der Waals surface area contributed by atoms with Crippen molar-refractivity contribution in [2.75, 3.05) is 6.54 Å². The third kappa shape index (κ3) is 3.58. The van der Waals surface area contributed by atoms with E-state index in [0.29, 0.717) is 12.0 Å². The molecule has 12 heteroatoms. The summed E-state index contributed by atoms with van der Waals surface area (Å²) in [5.41, 5.74) is 2.48. The molecule has 0 aliphatic carbocycles. The molecule has 3 heterocycles. The van der Waals surface area contributed by atoms with E-state index in [9.17, 15) is 29.6 Å². The standard InChI is InChI=1S/C19H17ClN4O6S/c1-8-12(31-7-21-8)4-5-23-17(25)13-14(18(23)26)16(19(27)28)22-15(13)9-2-3-10(20)11(6-9)24(29)30/h2-3,6-7,13-16,22H,4-5H2,1H3,(H,27,28). The first-order valence-corrected chi connectivity index (χ1v) is 10.6. The van der Waals surface area contributed by atoms with Crippen LogP contribution in [0.1, 0.15) is 22.2 Å².